The van der Waals surface area contributed by atoms with Gasteiger partial charge in [0.2, 0.25) is 0 Å². The van der Waals surface area contributed by atoms with Crippen molar-refractivity contribution in [1.82, 2.24) is 10.2 Å². The highest BCUT2D eigenvalue weighted by atomic mass is 16.5. The Hall–Kier alpha value is -1.88. The van der Waals surface area contributed by atoms with E-state index < -0.39 is 0 Å². The predicted octanol–water partition coefficient (Wildman–Crippen LogP) is 2.21. The Labute approximate surface area is 132 Å². The van der Waals surface area contributed by atoms with Gasteiger partial charge in [-0.3, -0.25) is 10.1 Å². The molecule has 1 N–H and O–H groups in total. The number of benzene rings is 1. The van der Waals surface area contributed by atoms with Gasteiger partial charge in [0.1, 0.15) is 0 Å². The molecule has 1 aromatic carbocycles. The summed E-state index contributed by atoms with van der Waals surface area (Å²) < 4.78 is 5.17. The molecule has 2 rings (SSSR count). The van der Waals surface area contributed by atoms with Crippen molar-refractivity contribution in [3.05, 3.63) is 35.4 Å². The first-order valence-corrected chi connectivity index (χ1v) is 7.88. The standard InChI is InChI=1S/C17H25N3O2/c1-14-8-4-5-9-15(14)16(21)19-17(22-2)18-10-13-20-11-6-3-7-12-20/h4-5,8-9H,3,6-7,10-13H2,1-2H3,(H,18,19,21). The first kappa shape index (κ1) is 16.5. The van der Waals surface area contributed by atoms with Gasteiger partial charge in [0, 0.05) is 12.1 Å². The molecule has 1 aliphatic heterocycles. The first-order chi connectivity index (χ1) is 10.7. The molecule has 22 heavy (non-hydrogen) atoms. The zero-order valence-electron chi connectivity index (χ0n) is 13.5. The summed E-state index contributed by atoms with van der Waals surface area (Å²) in [5.74, 6) is -0.184. The van der Waals surface area contributed by atoms with E-state index in [-0.39, 0.29) is 11.9 Å². The fourth-order valence-electron chi connectivity index (χ4n) is 2.62. The van der Waals surface area contributed by atoms with Crippen LogP contribution in [0, 0.1) is 6.92 Å². The van der Waals surface area contributed by atoms with Crippen LogP contribution in [0.3, 0.4) is 0 Å². The highest BCUT2D eigenvalue weighted by Crippen LogP contribution is 2.08. The zero-order valence-corrected chi connectivity index (χ0v) is 13.5. The monoisotopic (exact) mass is 303 g/mol. The number of hydrogen-bond acceptors (Lipinski definition) is 4. The minimum atomic E-state index is -0.184. The number of aliphatic imine (C=N–C) groups is 1. The Morgan fingerprint density at radius 2 is 2.00 bits per heavy atom. The van der Waals surface area contributed by atoms with E-state index in [9.17, 15) is 4.79 Å². The second-order valence-electron chi connectivity index (χ2n) is 5.56. The quantitative estimate of drug-likeness (QED) is 0.685. The highest BCUT2D eigenvalue weighted by Gasteiger charge is 2.12. The summed E-state index contributed by atoms with van der Waals surface area (Å²) in [4.78, 5) is 19.0. The Kier molecular flexibility index (Phi) is 6.40. The van der Waals surface area contributed by atoms with Gasteiger partial charge in [-0.05, 0) is 44.5 Å². The van der Waals surface area contributed by atoms with E-state index in [0.717, 1.165) is 25.2 Å². The number of amides is 1. The van der Waals surface area contributed by atoms with Gasteiger partial charge < -0.3 is 9.64 Å². The van der Waals surface area contributed by atoms with Crippen molar-refractivity contribution in [3.63, 3.8) is 0 Å². The second kappa shape index (κ2) is 8.54. The van der Waals surface area contributed by atoms with E-state index in [2.05, 4.69) is 15.2 Å². The number of hydrogen-bond donors (Lipinski definition) is 1. The Bertz CT molecular complexity index is 522. The first-order valence-electron chi connectivity index (χ1n) is 7.88. The maximum Gasteiger partial charge on any atom is 0.291 e. The smallest absolute Gasteiger partial charge is 0.291 e. The van der Waals surface area contributed by atoms with Crippen LogP contribution in [-0.4, -0.2) is 50.1 Å². The summed E-state index contributed by atoms with van der Waals surface area (Å²) in [6, 6.07) is 7.75. The number of ether oxygens (including phenoxy) is 1. The van der Waals surface area contributed by atoms with Crippen LogP contribution in [0.1, 0.15) is 35.2 Å². The van der Waals surface area contributed by atoms with Crippen molar-refractivity contribution in [2.24, 2.45) is 4.99 Å². The largest absolute Gasteiger partial charge is 0.468 e. The summed E-state index contributed by atoms with van der Waals surface area (Å²) in [5.41, 5.74) is 1.58. The van der Waals surface area contributed by atoms with Crippen LogP contribution in [0.2, 0.25) is 0 Å². The van der Waals surface area contributed by atoms with Gasteiger partial charge in [-0.2, -0.15) is 0 Å². The summed E-state index contributed by atoms with van der Waals surface area (Å²) >= 11 is 0. The second-order valence-corrected chi connectivity index (χ2v) is 5.56. The molecule has 0 radical (unpaired) electrons. The average molecular weight is 303 g/mol. The fourth-order valence-corrected chi connectivity index (χ4v) is 2.62. The molecule has 0 atom stereocenters. The SMILES string of the molecule is COC(=NCCN1CCCCC1)NC(=O)c1ccccc1C. The third-order valence-corrected chi connectivity index (χ3v) is 3.92. The van der Waals surface area contributed by atoms with Gasteiger partial charge in [-0.1, -0.05) is 24.6 Å². The number of rotatable bonds is 4. The third kappa shape index (κ3) is 4.84. The van der Waals surface area contributed by atoms with Crippen molar-refractivity contribution in [1.29, 1.82) is 0 Å². The number of amidine groups is 1. The summed E-state index contributed by atoms with van der Waals surface area (Å²) in [7, 11) is 1.53. The van der Waals surface area contributed by atoms with Gasteiger partial charge in [0.15, 0.2) is 0 Å². The van der Waals surface area contributed by atoms with Crippen LogP contribution in [0.25, 0.3) is 0 Å². The molecular weight excluding hydrogens is 278 g/mol. The number of nitrogens with one attached hydrogen (secondary N) is 1. The van der Waals surface area contributed by atoms with Gasteiger partial charge in [0.25, 0.3) is 11.9 Å². The molecule has 120 valence electrons. The lowest BCUT2D eigenvalue weighted by molar-refractivity contribution is 0.0967. The van der Waals surface area contributed by atoms with E-state index in [4.69, 9.17) is 4.74 Å². The highest BCUT2D eigenvalue weighted by molar-refractivity contribution is 6.04. The zero-order chi connectivity index (χ0) is 15.8. The molecule has 0 saturated carbocycles. The van der Waals surface area contributed by atoms with Crippen molar-refractivity contribution in [2.75, 3.05) is 33.3 Å². The van der Waals surface area contributed by atoms with Crippen LogP contribution >= 0.6 is 0 Å². The molecular formula is C17H25N3O2. The van der Waals surface area contributed by atoms with E-state index in [0.29, 0.717) is 12.1 Å². The number of likely N-dealkylation sites (tertiary alicyclic amines) is 1. The molecule has 0 aliphatic carbocycles. The maximum atomic E-state index is 12.2. The molecule has 1 aliphatic rings. The number of piperidine rings is 1. The number of methoxy groups -OCH3 is 1. The minimum Gasteiger partial charge on any atom is -0.468 e. The van der Waals surface area contributed by atoms with E-state index >= 15 is 0 Å². The molecule has 5 nitrogen and oxygen atoms in total. The molecule has 1 saturated heterocycles. The molecule has 1 amide bonds. The molecule has 0 aromatic heterocycles. The van der Waals surface area contributed by atoms with Gasteiger partial charge >= 0.3 is 0 Å². The third-order valence-electron chi connectivity index (χ3n) is 3.92. The summed E-state index contributed by atoms with van der Waals surface area (Å²) in [5, 5.41) is 2.73. The topological polar surface area (TPSA) is 53.9 Å². The molecule has 5 heteroatoms. The van der Waals surface area contributed by atoms with Crippen LogP contribution in [-0.2, 0) is 4.74 Å². The van der Waals surface area contributed by atoms with Gasteiger partial charge in [-0.15, -0.1) is 0 Å². The molecule has 1 heterocycles. The lowest BCUT2D eigenvalue weighted by Crippen LogP contribution is -2.34. The number of aryl methyl sites for hydroxylation is 1. The van der Waals surface area contributed by atoms with Crippen molar-refractivity contribution < 1.29 is 9.53 Å². The van der Waals surface area contributed by atoms with E-state index in [1.807, 2.05) is 25.1 Å². The number of carbonyl (C=O) groups is 1. The minimum absolute atomic E-state index is 0.184. The van der Waals surface area contributed by atoms with Crippen molar-refractivity contribution in [2.45, 2.75) is 26.2 Å². The van der Waals surface area contributed by atoms with Gasteiger partial charge in [-0.25, -0.2) is 4.99 Å². The Balaban J connectivity index is 1.86. The van der Waals surface area contributed by atoms with E-state index in [1.165, 1.54) is 26.4 Å². The lowest BCUT2D eigenvalue weighted by Gasteiger charge is -2.25. The lowest BCUT2D eigenvalue weighted by atomic mass is 10.1. The van der Waals surface area contributed by atoms with Gasteiger partial charge in [0.05, 0.1) is 13.7 Å². The number of nitrogens with zero attached hydrogens (tertiary/aromatic N) is 2. The molecule has 1 fully saturated rings. The van der Waals surface area contributed by atoms with Crippen molar-refractivity contribution in [3.8, 4) is 0 Å². The van der Waals surface area contributed by atoms with Crippen LogP contribution in [0.15, 0.2) is 29.3 Å². The Morgan fingerprint density at radius 1 is 1.27 bits per heavy atom. The summed E-state index contributed by atoms with van der Waals surface area (Å²) in [6.45, 7) is 5.75. The van der Waals surface area contributed by atoms with E-state index in [1.54, 1.807) is 6.07 Å². The maximum absolute atomic E-state index is 12.2. The predicted molar refractivity (Wildman–Crippen MR) is 88.2 cm³/mol. The van der Waals surface area contributed by atoms with Crippen LogP contribution in [0.4, 0.5) is 0 Å². The van der Waals surface area contributed by atoms with Crippen LogP contribution in [0.5, 0.6) is 0 Å². The average Bonchev–Trinajstić information content (AvgIpc) is 2.55. The number of carbonyl (C=O) groups excluding carboxylic acids is 1. The fraction of sp³-hybridized carbons (Fsp3) is 0.529. The summed E-state index contributed by atoms with van der Waals surface area (Å²) in [6.07, 6.45) is 3.87. The molecule has 0 bridgehead atoms. The molecule has 0 unspecified atom stereocenters. The molecule has 0 spiro atoms. The Morgan fingerprint density at radius 3 is 2.68 bits per heavy atom. The normalized spacial score (nSPS) is 16.4. The van der Waals surface area contributed by atoms with Crippen molar-refractivity contribution >= 4 is 11.9 Å². The molecule has 1 aromatic rings. The van der Waals surface area contributed by atoms with Crippen LogP contribution < -0.4 is 5.32 Å².